The number of ether oxygens (including phenoxy) is 2. The molecule has 6 nitrogen and oxygen atoms in total. The van der Waals surface area contributed by atoms with Crippen LogP contribution in [0.25, 0.3) is 0 Å². The monoisotopic (exact) mass is 372 g/mol. The minimum absolute atomic E-state index is 0.0714. The number of benzene rings is 1. The van der Waals surface area contributed by atoms with Crippen molar-refractivity contribution in [2.45, 2.75) is 41.5 Å². The van der Waals surface area contributed by atoms with Crippen LogP contribution in [0, 0.1) is 10.1 Å². The maximum atomic E-state index is 11.4. The van der Waals surface area contributed by atoms with Crippen molar-refractivity contribution < 1.29 is 14.4 Å². The number of hydrogen-bond acceptors (Lipinski definition) is 5. The van der Waals surface area contributed by atoms with Crippen LogP contribution in [0.5, 0.6) is 17.4 Å². The van der Waals surface area contributed by atoms with E-state index >= 15 is 0 Å². The van der Waals surface area contributed by atoms with E-state index in [0.717, 1.165) is 0 Å². The Morgan fingerprint density at radius 1 is 1.07 bits per heavy atom. The van der Waals surface area contributed by atoms with Crippen molar-refractivity contribution in [1.82, 2.24) is 4.98 Å². The van der Waals surface area contributed by atoms with Crippen molar-refractivity contribution >= 4 is 5.69 Å². The van der Waals surface area contributed by atoms with Crippen LogP contribution in [0.2, 0.25) is 0 Å². The van der Waals surface area contributed by atoms with Crippen molar-refractivity contribution in [3.8, 4) is 17.4 Å². The zero-order valence-electron chi connectivity index (χ0n) is 16.8. The van der Waals surface area contributed by atoms with E-state index in [1.165, 1.54) is 12.3 Å². The van der Waals surface area contributed by atoms with Gasteiger partial charge in [-0.15, -0.1) is 0 Å². The largest absolute Gasteiger partial charge is 0.450 e. The number of para-hydroxylation sites is 1. The van der Waals surface area contributed by atoms with Crippen molar-refractivity contribution in [3.63, 3.8) is 0 Å². The van der Waals surface area contributed by atoms with Crippen molar-refractivity contribution in [1.29, 1.82) is 0 Å². The minimum Gasteiger partial charge on any atom is -0.450 e. The van der Waals surface area contributed by atoms with Gasteiger partial charge in [0, 0.05) is 12.3 Å². The quantitative estimate of drug-likeness (QED) is 0.244. The van der Waals surface area contributed by atoms with E-state index in [9.17, 15) is 10.1 Å². The molecule has 0 N–H and O–H groups in total. The molecule has 0 bridgehead atoms. The van der Waals surface area contributed by atoms with Gasteiger partial charge in [-0.3, -0.25) is 10.1 Å². The molecule has 2 rings (SSSR count). The number of allylic oxidation sites excluding steroid dienone is 3. The van der Waals surface area contributed by atoms with Crippen LogP contribution in [0.3, 0.4) is 0 Å². The van der Waals surface area contributed by atoms with Crippen molar-refractivity contribution in [3.05, 3.63) is 76.7 Å². The third kappa shape index (κ3) is 7.73. The van der Waals surface area contributed by atoms with Crippen LogP contribution in [0.1, 0.15) is 41.5 Å². The normalized spacial score (nSPS) is 10.2. The van der Waals surface area contributed by atoms with Gasteiger partial charge in [-0.2, -0.15) is 0 Å². The molecule has 0 aliphatic rings. The highest BCUT2D eigenvalue weighted by Gasteiger charge is 2.25. The lowest BCUT2D eigenvalue weighted by Crippen LogP contribution is -2.01. The second kappa shape index (κ2) is 14.1. The summed E-state index contributed by atoms with van der Waals surface area (Å²) in [6, 6.07) is 10.2. The molecular weight excluding hydrogens is 344 g/mol. The van der Waals surface area contributed by atoms with Crippen LogP contribution >= 0.6 is 0 Å². The molecule has 1 aromatic carbocycles. The maximum Gasteiger partial charge on any atom is 0.373 e. The lowest BCUT2D eigenvalue weighted by atomic mass is 10.3. The molecule has 0 saturated carbocycles. The standard InChI is InChI=1S/C17H16N2O4.2C2H6/c1-3-8-13(4-2)22-15-11-12-18-17(16(15)19(20)21)23-14-9-6-5-7-10-14;2*1-2/h3-12H,1-2H3;2*1-2H3/b8-3-,13-4+;;. The molecule has 0 amide bonds. The predicted octanol–water partition coefficient (Wildman–Crippen LogP) is 6.69. The van der Waals surface area contributed by atoms with Gasteiger partial charge in [-0.05, 0) is 38.1 Å². The maximum absolute atomic E-state index is 11.4. The van der Waals surface area contributed by atoms with Crippen LogP contribution in [0.15, 0.2) is 66.6 Å². The van der Waals surface area contributed by atoms with E-state index in [2.05, 4.69) is 4.98 Å². The van der Waals surface area contributed by atoms with E-state index in [1.54, 1.807) is 49.4 Å². The molecule has 0 radical (unpaired) electrons. The van der Waals surface area contributed by atoms with E-state index in [4.69, 9.17) is 9.47 Å². The van der Waals surface area contributed by atoms with Gasteiger partial charge < -0.3 is 9.47 Å². The first kappa shape index (κ1) is 23.9. The fourth-order valence-corrected chi connectivity index (χ4v) is 1.82. The first-order valence-corrected chi connectivity index (χ1v) is 8.99. The van der Waals surface area contributed by atoms with Crippen molar-refractivity contribution in [2.24, 2.45) is 0 Å². The summed E-state index contributed by atoms with van der Waals surface area (Å²) in [5, 5.41) is 11.4. The van der Waals surface area contributed by atoms with E-state index in [0.29, 0.717) is 11.5 Å². The smallest absolute Gasteiger partial charge is 0.373 e. The molecule has 0 fully saturated rings. The summed E-state index contributed by atoms with van der Waals surface area (Å²) >= 11 is 0. The molecule has 0 unspecified atom stereocenters. The molecule has 0 spiro atoms. The molecule has 1 heterocycles. The fraction of sp³-hybridized carbons (Fsp3) is 0.286. The molecule has 27 heavy (non-hydrogen) atoms. The average molecular weight is 372 g/mol. The highest BCUT2D eigenvalue weighted by atomic mass is 16.6. The molecule has 0 saturated heterocycles. The van der Waals surface area contributed by atoms with Gasteiger partial charge >= 0.3 is 11.6 Å². The van der Waals surface area contributed by atoms with Crippen LogP contribution < -0.4 is 9.47 Å². The Morgan fingerprint density at radius 3 is 2.22 bits per heavy atom. The summed E-state index contributed by atoms with van der Waals surface area (Å²) < 4.78 is 11.1. The number of aromatic nitrogens is 1. The van der Waals surface area contributed by atoms with Gasteiger partial charge in [0.05, 0.1) is 4.92 Å². The zero-order chi connectivity index (χ0) is 20.7. The summed E-state index contributed by atoms with van der Waals surface area (Å²) in [6.45, 7) is 11.6. The minimum atomic E-state index is -0.566. The summed E-state index contributed by atoms with van der Waals surface area (Å²) in [4.78, 5) is 14.8. The molecule has 2 aromatic rings. The first-order valence-electron chi connectivity index (χ1n) is 8.99. The summed E-state index contributed by atoms with van der Waals surface area (Å²) in [5.41, 5.74) is -0.319. The molecular formula is C21H28N2O4. The Bertz CT molecular complexity index is 741. The number of nitro groups is 1. The van der Waals surface area contributed by atoms with Gasteiger partial charge in [0.1, 0.15) is 11.5 Å². The summed E-state index contributed by atoms with van der Waals surface area (Å²) in [6.07, 6.45) is 6.61. The molecule has 0 aliphatic carbocycles. The Morgan fingerprint density at radius 2 is 1.70 bits per heavy atom. The summed E-state index contributed by atoms with van der Waals surface area (Å²) in [5.74, 6) is 0.907. The van der Waals surface area contributed by atoms with Gasteiger partial charge in [0.2, 0.25) is 5.75 Å². The third-order valence-corrected chi connectivity index (χ3v) is 2.84. The van der Waals surface area contributed by atoms with Gasteiger partial charge in [0.15, 0.2) is 0 Å². The van der Waals surface area contributed by atoms with E-state index in [-0.39, 0.29) is 17.3 Å². The topological polar surface area (TPSA) is 74.5 Å². The van der Waals surface area contributed by atoms with Crippen LogP contribution in [-0.4, -0.2) is 9.91 Å². The molecule has 6 heteroatoms. The summed E-state index contributed by atoms with van der Waals surface area (Å²) in [7, 11) is 0. The Hall–Kier alpha value is -3.15. The Kier molecular flexibility index (Phi) is 12.4. The molecule has 0 aliphatic heterocycles. The predicted molar refractivity (Wildman–Crippen MR) is 109 cm³/mol. The fourth-order valence-electron chi connectivity index (χ4n) is 1.82. The highest BCUT2D eigenvalue weighted by molar-refractivity contribution is 5.55. The third-order valence-electron chi connectivity index (χ3n) is 2.84. The number of nitrogens with zero attached hydrogens (tertiary/aromatic N) is 2. The van der Waals surface area contributed by atoms with E-state index in [1.807, 2.05) is 40.7 Å². The first-order chi connectivity index (χ1) is 13.2. The van der Waals surface area contributed by atoms with Gasteiger partial charge in [-0.25, -0.2) is 4.98 Å². The lowest BCUT2D eigenvalue weighted by molar-refractivity contribution is -0.386. The SMILES string of the molecule is C/C=C\C(=C/C)Oc1ccnc(Oc2ccccc2)c1[N+](=O)[O-].CC.CC. The van der Waals surface area contributed by atoms with E-state index < -0.39 is 4.92 Å². The Labute approximate surface area is 161 Å². The van der Waals surface area contributed by atoms with Gasteiger partial charge in [-0.1, -0.05) is 52.0 Å². The molecule has 146 valence electrons. The van der Waals surface area contributed by atoms with Crippen molar-refractivity contribution in [2.75, 3.05) is 0 Å². The number of rotatable bonds is 6. The second-order valence-electron chi connectivity index (χ2n) is 4.43. The van der Waals surface area contributed by atoms with Gasteiger partial charge in [0.25, 0.3) is 0 Å². The second-order valence-corrected chi connectivity index (χ2v) is 4.43. The average Bonchev–Trinajstić information content (AvgIpc) is 2.71. The lowest BCUT2D eigenvalue weighted by Gasteiger charge is -2.09. The highest BCUT2D eigenvalue weighted by Crippen LogP contribution is 2.37. The molecule has 0 atom stereocenters. The molecule has 1 aromatic heterocycles. The van der Waals surface area contributed by atoms with Crippen LogP contribution in [0.4, 0.5) is 5.69 Å². The van der Waals surface area contributed by atoms with Crippen LogP contribution in [-0.2, 0) is 0 Å². The zero-order valence-corrected chi connectivity index (χ0v) is 16.8. The number of hydrogen-bond donors (Lipinski definition) is 0. The number of pyridine rings is 1. The Balaban J connectivity index is 0.00000158.